The lowest BCUT2D eigenvalue weighted by atomic mass is 9.72. The molecule has 2 aromatic rings. The van der Waals surface area contributed by atoms with Gasteiger partial charge in [0, 0.05) is 13.0 Å². The van der Waals surface area contributed by atoms with E-state index in [1.54, 1.807) is 0 Å². The van der Waals surface area contributed by atoms with Crippen LogP contribution < -0.4 is 0 Å². The van der Waals surface area contributed by atoms with Crippen molar-refractivity contribution < 1.29 is 9.53 Å². The van der Waals surface area contributed by atoms with Crippen LogP contribution >= 0.6 is 0 Å². The van der Waals surface area contributed by atoms with Crippen molar-refractivity contribution in [2.24, 2.45) is 0 Å². The van der Waals surface area contributed by atoms with Crippen molar-refractivity contribution in [3.63, 3.8) is 0 Å². The average molecular weight is 349 g/mol. The second-order valence-electron chi connectivity index (χ2n) is 6.18. The molecule has 0 aliphatic rings. The Bertz CT molecular complexity index is 675. The van der Waals surface area contributed by atoms with Crippen LogP contribution in [0.4, 0.5) is 0 Å². The summed E-state index contributed by atoms with van der Waals surface area (Å²) in [6.07, 6.45) is 5.94. The lowest BCUT2D eigenvalue weighted by Gasteiger charge is -2.31. The molecule has 0 atom stereocenters. The van der Waals surface area contributed by atoms with Crippen LogP contribution in [0.15, 0.2) is 60.7 Å². The highest BCUT2D eigenvalue weighted by atomic mass is 16.5. The lowest BCUT2D eigenvalue weighted by Crippen LogP contribution is -2.40. The molecular weight excluding hydrogens is 322 g/mol. The van der Waals surface area contributed by atoms with Crippen LogP contribution in [0.2, 0.25) is 0 Å². The van der Waals surface area contributed by atoms with Crippen LogP contribution in [-0.4, -0.2) is 37.1 Å². The molecule has 136 valence electrons. The third-order valence-electron chi connectivity index (χ3n) is 4.78. The first-order valence-electron chi connectivity index (χ1n) is 9.13. The maximum absolute atomic E-state index is 13.3. The molecular formula is C23H27NO2. The predicted octanol–water partition coefficient (Wildman–Crippen LogP) is 3.88. The highest BCUT2D eigenvalue weighted by molar-refractivity contribution is 5.88. The number of esters is 1. The Kier molecular flexibility index (Phi) is 7.44. The molecule has 3 heteroatoms. The number of hydrogen-bond donors (Lipinski definition) is 0. The minimum absolute atomic E-state index is 0.255. The Morgan fingerprint density at radius 3 is 1.92 bits per heavy atom. The van der Waals surface area contributed by atoms with E-state index in [0.717, 1.165) is 24.2 Å². The Balaban J connectivity index is 2.37. The number of rotatable bonds is 9. The third-order valence-corrected chi connectivity index (χ3v) is 4.78. The van der Waals surface area contributed by atoms with Crippen LogP contribution in [0, 0.1) is 12.3 Å². The zero-order chi connectivity index (χ0) is 18.8. The van der Waals surface area contributed by atoms with E-state index < -0.39 is 5.41 Å². The second-order valence-corrected chi connectivity index (χ2v) is 6.18. The van der Waals surface area contributed by atoms with Gasteiger partial charge in [-0.2, -0.15) is 0 Å². The number of likely N-dealkylation sites (N-methyl/N-ethyl adjacent to an activating group) is 1. The maximum Gasteiger partial charge on any atom is 0.322 e. The standard InChI is InChI=1S/C23H27NO2/c1-4-17-23(20-13-9-7-10-14-20,21-15-11-8-12-16-21)22(25)26-19-18-24(5-2)6-3/h1,7-16H,5-6,17-19H2,2-3H3. The Morgan fingerprint density at radius 1 is 1.00 bits per heavy atom. The summed E-state index contributed by atoms with van der Waals surface area (Å²) < 4.78 is 5.73. The molecule has 0 N–H and O–H groups in total. The van der Waals surface area contributed by atoms with E-state index in [4.69, 9.17) is 11.2 Å². The van der Waals surface area contributed by atoms with Crippen molar-refractivity contribution in [1.82, 2.24) is 4.90 Å². The van der Waals surface area contributed by atoms with E-state index in [2.05, 4.69) is 24.7 Å². The molecule has 0 saturated heterocycles. The van der Waals surface area contributed by atoms with E-state index in [9.17, 15) is 4.79 Å². The predicted molar refractivity (Wildman–Crippen MR) is 106 cm³/mol. The normalized spacial score (nSPS) is 11.2. The van der Waals surface area contributed by atoms with Crippen molar-refractivity contribution in [3.8, 4) is 12.3 Å². The molecule has 0 fully saturated rings. The monoisotopic (exact) mass is 349 g/mol. The summed E-state index contributed by atoms with van der Waals surface area (Å²) in [6, 6.07) is 19.3. The first kappa shape index (κ1) is 19.8. The van der Waals surface area contributed by atoms with Gasteiger partial charge >= 0.3 is 5.97 Å². The van der Waals surface area contributed by atoms with E-state index in [1.165, 1.54) is 0 Å². The van der Waals surface area contributed by atoms with Crippen molar-refractivity contribution >= 4 is 5.97 Å². The van der Waals surface area contributed by atoms with Gasteiger partial charge in [-0.3, -0.25) is 4.79 Å². The summed E-state index contributed by atoms with van der Waals surface area (Å²) in [5.74, 6) is 2.41. The number of terminal acetylenes is 1. The summed E-state index contributed by atoms with van der Waals surface area (Å²) >= 11 is 0. The Morgan fingerprint density at radius 2 is 1.50 bits per heavy atom. The largest absolute Gasteiger partial charge is 0.463 e. The molecule has 0 heterocycles. The van der Waals surface area contributed by atoms with Gasteiger partial charge in [-0.1, -0.05) is 74.5 Å². The number of benzene rings is 2. The van der Waals surface area contributed by atoms with Gasteiger partial charge < -0.3 is 9.64 Å². The van der Waals surface area contributed by atoms with E-state index in [-0.39, 0.29) is 12.4 Å². The number of hydrogen-bond acceptors (Lipinski definition) is 3. The van der Waals surface area contributed by atoms with E-state index in [0.29, 0.717) is 13.2 Å². The molecule has 3 nitrogen and oxygen atoms in total. The Hall–Kier alpha value is -2.57. The van der Waals surface area contributed by atoms with Crippen molar-refractivity contribution in [2.75, 3.05) is 26.2 Å². The summed E-state index contributed by atoms with van der Waals surface area (Å²) in [4.78, 5) is 15.5. The van der Waals surface area contributed by atoms with Gasteiger partial charge in [-0.25, -0.2) is 0 Å². The molecule has 26 heavy (non-hydrogen) atoms. The molecule has 2 rings (SSSR count). The van der Waals surface area contributed by atoms with Gasteiger partial charge in [0.25, 0.3) is 0 Å². The lowest BCUT2D eigenvalue weighted by molar-refractivity contribution is -0.149. The van der Waals surface area contributed by atoms with Crippen LogP contribution in [-0.2, 0) is 14.9 Å². The number of ether oxygens (including phenoxy) is 1. The zero-order valence-corrected chi connectivity index (χ0v) is 15.7. The van der Waals surface area contributed by atoms with Gasteiger partial charge in [0.1, 0.15) is 12.0 Å². The van der Waals surface area contributed by atoms with Gasteiger partial charge in [0.2, 0.25) is 0 Å². The summed E-state index contributed by atoms with van der Waals surface area (Å²) in [5, 5.41) is 0. The van der Waals surface area contributed by atoms with Gasteiger partial charge in [-0.15, -0.1) is 12.3 Å². The van der Waals surface area contributed by atoms with Gasteiger partial charge in [0.15, 0.2) is 0 Å². The number of carbonyl (C=O) groups is 1. The molecule has 0 bridgehead atoms. The molecule has 0 radical (unpaired) electrons. The minimum Gasteiger partial charge on any atom is -0.463 e. The fourth-order valence-corrected chi connectivity index (χ4v) is 3.21. The molecule has 2 aromatic carbocycles. The van der Waals surface area contributed by atoms with E-state index >= 15 is 0 Å². The highest BCUT2D eigenvalue weighted by Gasteiger charge is 2.43. The SMILES string of the molecule is C#CCC(C(=O)OCCN(CC)CC)(c1ccccc1)c1ccccc1. The summed E-state index contributed by atoms with van der Waals surface area (Å²) in [7, 11) is 0. The summed E-state index contributed by atoms with van der Waals surface area (Å²) in [6.45, 7) is 7.13. The van der Waals surface area contributed by atoms with Crippen LogP contribution in [0.25, 0.3) is 0 Å². The quantitative estimate of drug-likeness (QED) is 0.508. The fourth-order valence-electron chi connectivity index (χ4n) is 3.21. The van der Waals surface area contributed by atoms with Crippen molar-refractivity contribution in [1.29, 1.82) is 0 Å². The smallest absolute Gasteiger partial charge is 0.322 e. The molecule has 0 aliphatic carbocycles. The fraction of sp³-hybridized carbons (Fsp3) is 0.348. The van der Waals surface area contributed by atoms with E-state index in [1.807, 2.05) is 60.7 Å². The minimum atomic E-state index is -0.986. The van der Waals surface area contributed by atoms with Crippen molar-refractivity contribution in [2.45, 2.75) is 25.7 Å². The second kappa shape index (κ2) is 9.79. The highest BCUT2D eigenvalue weighted by Crippen LogP contribution is 2.37. The first-order valence-corrected chi connectivity index (χ1v) is 9.13. The van der Waals surface area contributed by atoms with Gasteiger partial charge in [0.05, 0.1) is 0 Å². The van der Waals surface area contributed by atoms with Crippen LogP contribution in [0.5, 0.6) is 0 Å². The summed E-state index contributed by atoms with van der Waals surface area (Å²) in [5.41, 5.74) is 0.731. The molecule has 0 spiro atoms. The number of nitrogens with zero attached hydrogens (tertiary/aromatic N) is 1. The number of carbonyl (C=O) groups excluding carboxylic acids is 1. The molecule has 0 aliphatic heterocycles. The topological polar surface area (TPSA) is 29.5 Å². The Labute approximate surface area is 157 Å². The van der Waals surface area contributed by atoms with Crippen molar-refractivity contribution in [3.05, 3.63) is 71.8 Å². The molecule has 0 unspecified atom stereocenters. The molecule has 0 aromatic heterocycles. The van der Waals surface area contributed by atoms with Crippen LogP contribution in [0.1, 0.15) is 31.4 Å². The van der Waals surface area contributed by atoms with Gasteiger partial charge in [-0.05, 0) is 24.2 Å². The maximum atomic E-state index is 13.3. The average Bonchev–Trinajstić information content (AvgIpc) is 2.70. The zero-order valence-electron chi connectivity index (χ0n) is 15.7. The molecule has 0 saturated carbocycles. The van der Waals surface area contributed by atoms with Crippen LogP contribution in [0.3, 0.4) is 0 Å². The first-order chi connectivity index (χ1) is 12.7. The molecule has 0 amide bonds. The third kappa shape index (κ3) is 4.33.